The minimum absolute atomic E-state index is 0.148. The summed E-state index contributed by atoms with van der Waals surface area (Å²) in [5, 5.41) is 19.9. The number of rotatable bonds is 8. The third kappa shape index (κ3) is 11.5. The molecule has 0 bridgehead atoms. The zero-order valence-electron chi connectivity index (χ0n) is 41.1. The lowest BCUT2D eigenvalue weighted by atomic mass is 10.0. The van der Waals surface area contributed by atoms with Crippen molar-refractivity contribution in [1.29, 1.82) is 0 Å². The van der Waals surface area contributed by atoms with Gasteiger partial charge < -0.3 is 9.64 Å². The molecule has 9 heterocycles. The summed E-state index contributed by atoms with van der Waals surface area (Å²) in [5.41, 5.74) is 9.08. The number of benzene rings is 3. The first-order valence-electron chi connectivity index (χ1n) is 24.9. The van der Waals surface area contributed by atoms with Crippen LogP contribution >= 0.6 is 34.8 Å². The minimum atomic E-state index is -3.13. The van der Waals surface area contributed by atoms with E-state index in [9.17, 15) is 13.2 Å². The van der Waals surface area contributed by atoms with Crippen molar-refractivity contribution in [2.45, 2.75) is 64.1 Å². The molecule has 0 N–H and O–H groups in total. The lowest BCUT2D eigenvalue weighted by Crippen LogP contribution is -2.38. The standard InChI is InChI=1S/C19H19ClN4O.C18H19ClN4O2S.C18H18ClN3O/c1-13(25)23-10-7-16(8-11-23)24-18-6-9-21-12-17(18)19(22-24)14-2-4-15(20)5-3-14;1-26(24,25)22-10-7-15(8-11-22)23-17-6-9-20-12-16(17)18(21-23)13-2-4-14(19)5-3-13;19-15-3-1-14(2-4-15)18-16-11-20-8-5-17(16)22(21-18)12-13-6-9-23-10-7-13/h2-6,9,12,16H,7-8,10-11H2,1H3;2-6,9,12,15H,7-8,10-11H2,1H3;1-5,8,11,13H,6-7,9-10,12H2. The number of ether oxygens (including phenoxy) is 1. The fourth-order valence-electron chi connectivity index (χ4n) is 10.2. The normalized spacial score (nSPS) is 16.3. The van der Waals surface area contributed by atoms with E-state index < -0.39 is 10.0 Å². The molecule has 0 radical (unpaired) electrons. The van der Waals surface area contributed by atoms with Crippen molar-refractivity contribution in [3.63, 3.8) is 0 Å². The van der Waals surface area contributed by atoms with Crippen molar-refractivity contribution >= 4 is 83.4 Å². The molecule has 3 aromatic carbocycles. The first-order chi connectivity index (χ1) is 35.9. The largest absolute Gasteiger partial charge is 0.381 e. The van der Waals surface area contributed by atoms with Crippen molar-refractivity contribution in [3.8, 4) is 33.8 Å². The number of hydrogen-bond acceptors (Lipinski definition) is 10. The SMILES string of the molecule is CC(=O)N1CCC(n2nc(-c3ccc(Cl)cc3)c3cnccc32)CC1.CS(=O)(=O)N1CCC(n2nc(-c3ccc(Cl)cc3)c3cnccc32)CC1.Clc1ccc(-c2nn(CC3CCOCC3)c3ccncc23)cc1. The summed E-state index contributed by atoms with van der Waals surface area (Å²) in [7, 11) is -3.13. The number of halogens is 3. The van der Waals surface area contributed by atoms with Crippen LogP contribution in [-0.2, 0) is 26.1 Å². The highest BCUT2D eigenvalue weighted by atomic mass is 35.5. The van der Waals surface area contributed by atoms with Gasteiger partial charge in [0.15, 0.2) is 0 Å². The van der Waals surface area contributed by atoms with Crippen molar-refractivity contribution in [2.75, 3.05) is 45.6 Å². The summed E-state index contributed by atoms with van der Waals surface area (Å²) in [4.78, 5) is 26.3. The highest BCUT2D eigenvalue weighted by molar-refractivity contribution is 7.88. The monoisotopic (exact) mass is 1070 g/mol. The molecule has 3 fully saturated rings. The maximum atomic E-state index is 11.7. The number of nitrogens with zero attached hydrogens (tertiary/aromatic N) is 11. The lowest BCUT2D eigenvalue weighted by Gasteiger charge is -2.31. The highest BCUT2D eigenvalue weighted by Gasteiger charge is 2.29. The molecule has 12 rings (SSSR count). The Morgan fingerprint density at radius 2 is 0.946 bits per heavy atom. The van der Waals surface area contributed by atoms with Crippen LogP contribution in [0.2, 0.25) is 15.1 Å². The summed E-state index contributed by atoms with van der Waals surface area (Å²) in [6, 6.07) is 29.6. The maximum absolute atomic E-state index is 11.7. The van der Waals surface area contributed by atoms with Crippen LogP contribution in [0.3, 0.4) is 0 Å². The van der Waals surface area contributed by atoms with E-state index in [1.165, 1.54) is 10.6 Å². The maximum Gasteiger partial charge on any atom is 0.219 e. The number of likely N-dealkylation sites (tertiary alicyclic amines) is 1. The molecule has 74 heavy (non-hydrogen) atoms. The van der Waals surface area contributed by atoms with Gasteiger partial charge in [-0.2, -0.15) is 15.3 Å². The van der Waals surface area contributed by atoms with Crippen molar-refractivity contribution in [1.82, 2.24) is 53.5 Å². The molecule has 3 aliphatic heterocycles. The van der Waals surface area contributed by atoms with E-state index >= 15 is 0 Å². The van der Waals surface area contributed by atoms with Crippen molar-refractivity contribution < 1.29 is 17.9 Å². The Bertz CT molecular complexity index is 3490. The van der Waals surface area contributed by atoms with Gasteiger partial charge >= 0.3 is 0 Å². The molecule has 1 amide bonds. The van der Waals surface area contributed by atoms with E-state index in [4.69, 9.17) is 54.8 Å². The van der Waals surface area contributed by atoms with Crippen LogP contribution in [0.1, 0.15) is 57.5 Å². The number of pyridine rings is 3. The molecule has 0 spiro atoms. The van der Waals surface area contributed by atoms with Crippen LogP contribution in [-0.4, -0.2) is 113 Å². The van der Waals surface area contributed by atoms with E-state index in [1.807, 2.05) is 125 Å². The van der Waals surface area contributed by atoms with Gasteiger partial charge in [0.2, 0.25) is 15.9 Å². The summed E-state index contributed by atoms with van der Waals surface area (Å²) in [6.07, 6.45) is 17.8. The van der Waals surface area contributed by atoms with Gasteiger partial charge in [-0.1, -0.05) is 71.2 Å². The van der Waals surface area contributed by atoms with Gasteiger partial charge in [0.1, 0.15) is 17.1 Å². The number of hydrogen-bond donors (Lipinski definition) is 0. The molecule has 9 aromatic rings. The van der Waals surface area contributed by atoms with Crippen LogP contribution in [0.5, 0.6) is 0 Å². The van der Waals surface area contributed by atoms with E-state index in [1.54, 1.807) is 19.3 Å². The molecule has 0 atom stereocenters. The summed E-state index contributed by atoms with van der Waals surface area (Å²) in [6.45, 7) is 6.88. The van der Waals surface area contributed by atoms with E-state index in [0.717, 1.165) is 143 Å². The van der Waals surface area contributed by atoms with Crippen LogP contribution < -0.4 is 0 Å². The number of fused-ring (bicyclic) bond motifs is 3. The average Bonchev–Trinajstić information content (AvgIpc) is 4.12. The number of amides is 1. The Morgan fingerprint density at radius 1 is 0.554 bits per heavy atom. The molecule has 3 aliphatic rings. The molecule has 3 saturated heterocycles. The number of piperidine rings is 2. The van der Waals surface area contributed by atoms with Gasteiger partial charge in [0.25, 0.3) is 0 Å². The molecule has 6 aromatic heterocycles. The van der Waals surface area contributed by atoms with E-state index in [2.05, 4.69) is 24.3 Å². The quantitative estimate of drug-likeness (QED) is 0.143. The zero-order valence-corrected chi connectivity index (χ0v) is 44.2. The van der Waals surface area contributed by atoms with Gasteiger partial charge in [0.05, 0.1) is 34.9 Å². The second-order valence-electron chi connectivity index (χ2n) is 19.0. The first kappa shape index (κ1) is 51.2. The topological polar surface area (TPSA) is 159 Å². The number of carbonyl (C=O) groups excluding carboxylic acids is 1. The van der Waals surface area contributed by atoms with Crippen LogP contribution in [0.4, 0.5) is 0 Å². The third-order valence-electron chi connectivity index (χ3n) is 14.2. The Kier molecular flexibility index (Phi) is 15.7. The molecule has 0 unspecified atom stereocenters. The molecule has 382 valence electrons. The molecule has 0 aliphatic carbocycles. The molecular weight excluding hydrogens is 1020 g/mol. The molecular formula is C55H56Cl3N11O4S. The summed E-state index contributed by atoms with van der Waals surface area (Å²) < 4.78 is 36.7. The Labute approximate surface area is 445 Å². The second-order valence-corrected chi connectivity index (χ2v) is 22.3. The lowest BCUT2D eigenvalue weighted by molar-refractivity contribution is -0.130. The van der Waals surface area contributed by atoms with E-state index in [-0.39, 0.29) is 11.9 Å². The molecule has 15 nitrogen and oxygen atoms in total. The Morgan fingerprint density at radius 3 is 1.36 bits per heavy atom. The Balaban J connectivity index is 0.000000127. The Hall–Kier alpha value is -6.27. The predicted molar refractivity (Wildman–Crippen MR) is 293 cm³/mol. The summed E-state index contributed by atoms with van der Waals surface area (Å²) in [5.74, 6) is 0.771. The zero-order chi connectivity index (χ0) is 51.3. The van der Waals surface area contributed by atoms with Gasteiger partial charge in [-0.15, -0.1) is 0 Å². The predicted octanol–water partition coefficient (Wildman–Crippen LogP) is 11.5. The smallest absolute Gasteiger partial charge is 0.219 e. The van der Waals surface area contributed by atoms with Gasteiger partial charge in [-0.3, -0.25) is 33.8 Å². The van der Waals surface area contributed by atoms with Gasteiger partial charge in [-0.05, 0) is 99.0 Å². The fraction of sp³-hybridized carbons (Fsp3) is 0.327. The van der Waals surface area contributed by atoms with Crippen LogP contribution in [0.25, 0.3) is 66.5 Å². The second kappa shape index (κ2) is 22.7. The molecule has 19 heteroatoms. The fourth-order valence-corrected chi connectivity index (χ4v) is 11.4. The minimum Gasteiger partial charge on any atom is -0.381 e. The number of carbonyl (C=O) groups is 1. The highest BCUT2D eigenvalue weighted by Crippen LogP contribution is 2.36. The van der Waals surface area contributed by atoms with Crippen LogP contribution in [0.15, 0.2) is 128 Å². The van der Waals surface area contributed by atoms with Gasteiger partial charge in [0, 0.05) is 138 Å². The first-order valence-corrected chi connectivity index (χ1v) is 27.9. The van der Waals surface area contributed by atoms with Crippen molar-refractivity contribution in [3.05, 3.63) is 143 Å². The van der Waals surface area contributed by atoms with Gasteiger partial charge in [-0.25, -0.2) is 12.7 Å². The number of sulfonamides is 1. The van der Waals surface area contributed by atoms with E-state index in [0.29, 0.717) is 35.1 Å². The van der Waals surface area contributed by atoms with Crippen LogP contribution in [0, 0.1) is 5.92 Å². The average molecular weight is 1070 g/mol. The molecule has 0 saturated carbocycles. The summed E-state index contributed by atoms with van der Waals surface area (Å²) >= 11 is 18.0. The van der Waals surface area contributed by atoms with Crippen molar-refractivity contribution in [2.24, 2.45) is 5.92 Å². The third-order valence-corrected chi connectivity index (χ3v) is 16.2. The number of aromatic nitrogens is 9.